The number of aliphatic hydroxyl groups is 1. The van der Waals surface area contributed by atoms with E-state index in [9.17, 15) is 5.11 Å². The first-order valence-corrected chi connectivity index (χ1v) is 8.16. The van der Waals surface area contributed by atoms with Crippen LogP contribution in [-0.2, 0) is 4.74 Å². The highest BCUT2D eigenvalue weighted by Gasteiger charge is 2.23. The topological polar surface area (TPSA) is 71.7 Å². The molecule has 4 rings (SSSR count). The summed E-state index contributed by atoms with van der Waals surface area (Å²) in [5.41, 5.74) is 3.59. The quantitative estimate of drug-likeness (QED) is 0.712. The summed E-state index contributed by atoms with van der Waals surface area (Å²) in [6, 6.07) is 7.70. The summed E-state index contributed by atoms with van der Waals surface area (Å²) < 4.78 is 7.52. The maximum atomic E-state index is 9.33. The van der Waals surface area contributed by atoms with Gasteiger partial charge in [0.05, 0.1) is 37.6 Å². The van der Waals surface area contributed by atoms with Gasteiger partial charge in [0.2, 0.25) is 0 Å². The van der Waals surface area contributed by atoms with Gasteiger partial charge in [-0.15, -0.1) is 0 Å². The van der Waals surface area contributed by atoms with Crippen molar-refractivity contribution in [1.82, 2.24) is 19.7 Å². The maximum Gasteiger partial charge on any atom is 0.137 e. The fraction of sp³-hybridized carbons (Fsp3) is 0.294. The molecule has 1 saturated heterocycles. The monoisotopic (exact) mass is 344 g/mol. The molecule has 1 aliphatic heterocycles. The van der Waals surface area contributed by atoms with Crippen LogP contribution in [0.4, 0.5) is 0 Å². The first-order valence-electron chi connectivity index (χ1n) is 7.78. The van der Waals surface area contributed by atoms with Crippen LogP contribution < -0.4 is 5.32 Å². The number of pyridine rings is 2. The minimum Gasteiger partial charge on any atom is -0.395 e. The van der Waals surface area contributed by atoms with E-state index in [2.05, 4.69) is 15.3 Å². The van der Waals surface area contributed by atoms with E-state index in [0.29, 0.717) is 18.4 Å². The van der Waals surface area contributed by atoms with Gasteiger partial charge in [0.1, 0.15) is 10.8 Å². The van der Waals surface area contributed by atoms with E-state index in [0.717, 1.165) is 22.5 Å². The Bertz CT molecular complexity index is 867. The van der Waals surface area contributed by atoms with Crippen molar-refractivity contribution in [2.75, 3.05) is 19.8 Å². The van der Waals surface area contributed by atoms with Crippen molar-refractivity contribution >= 4 is 17.2 Å². The average molecular weight is 345 g/mol. The van der Waals surface area contributed by atoms with Crippen LogP contribution >= 0.6 is 11.6 Å². The highest BCUT2D eigenvalue weighted by Crippen LogP contribution is 2.27. The summed E-state index contributed by atoms with van der Waals surface area (Å²) >= 11 is 6.24. The molecular weight excluding hydrogens is 328 g/mol. The summed E-state index contributed by atoms with van der Waals surface area (Å²) in [6.45, 7) is 1.09. The first kappa shape index (κ1) is 15.5. The predicted octanol–water partition coefficient (Wildman–Crippen LogP) is 2.07. The third-order valence-electron chi connectivity index (χ3n) is 4.17. The number of morpholine rings is 1. The van der Waals surface area contributed by atoms with Gasteiger partial charge in [0, 0.05) is 24.2 Å². The van der Waals surface area contributed by atoms with Crippen LogP contribution in [0.1, 0.15) is 11.6 Å². The number of halogens is 1. The number of nitrogens with one attached hydrogen (secondary N) is 1. The van der Waals surface area contributed by atoms with Gasteiger partial charge in [0.15, 0.2) is 0 Å². The number of nitrogens with zero attached hydrogens (tertiary/aromatic N) is 3. The van der Waals surface area contributed by atoms with Gasteiger partial charge < -0.3 is 19.6 Å². The Hall–Kier alpha value is -1.99. The molecule has 0 bridgehead atoms. The van der Waals surface area contributed by atoms with Crippen molar-refractivity contribution < 1.29 is 9.84 Å². The van der Waals surface area contributed by atoms with E-state index in [4.69, 9.17) is 16.3 Å². The zero-order valence-electron chi connectivity index (χ0n) is 12.9. The molecule has 6 nitrogen and oxygen atoms in total. The smallest absolute Gasteiger partial charge is 0.137 e. The molecule has 1 fully saturated rings. The molecule has 0 radical (unpaired) electrons. The molecule has 0 unspecified atom stereocenters. The molecule has 0 saturated carbocycles. The third kappa shape index (κ3) is 3.01. The molecule has 24 heavy (non-hydrogen) atoms. The van der Waals surface area contributed by atoms with Crippen LogP contribution in [-0.4, -0.2) is 45.3 Å². The zero-order chi connectivity index (χ0) is 16.5. The van der Waals surface area contributed by atoms with Crippen LogP contribution in [0.3, 0.4) is 0 Å². The number of imidazole rings is 1. The summed E-state index contributed by atoms with van der Waals surface area (Å²) in [5.74, 6) is 0. The van der Waals surface area contributed by atoms with Gasteiger partial charge in [-0.1, -0.05) is 11.6 Å². The second-order valence-corrected chi connectivity index (χ2v) is 6.24. The molecule has 0 amide bonds. The molecule has 0 aromatic carbocycles. The van der Waals surface area contributed by atoms with Gasteiger partial charge in [0.25, 0.3) is 0 Å². The number of ether oxygens (including phenoxy) is 1. The molecule has 1 aliphatic rings. The van der Waals surface area contributed by atoms with E-state index in [-0.39, 0.29) is 18.7 Å². The molecule has 3 aromatic rings. The third-order valence-corrected chi connectivity index (χ3v) is 4.37. The highest BCUT2D eigenvalue weighted by atomic mass is 35.5. The van der Waals surface area contributed by atoms with Crippen molar-refractivity contribution in [3.63, 3.8) is 0 Å². The van der Waals surface area contributed by atoms with Gasteiger partial charge in [-0.3, -0.25) is 0 Å². The normalized spacial score (nSPS) is 21.2. The lowest BCUT2D eigenvalue weighted by Gasteiger charge is -2.30. The lowest BCUT2D eigenvalue weighted by atomic mass is 10.0. The molecule has 0 spiro atoms. The number of rotatable bonds is 3. The van der Waals surface area contributed by atoms with Gasteiger partial charge >= 0.3 is 0 Å². The minimum absolute atomic E-state index is 0.0229. The molecule has 3 aromatic heterocycles. The summed E-state index contributed by atoms with van der Waals surface area (Å²) in [6.07, 6.45) is 5.60. The van der Waals surface area contributed by atoms with Crippen LogP contribution in [0, 0.1) is 0 Å². The minimum atomic E-state index is -0.0691. The first-order chi connectivity index (χ1) is 11.7. The van der Waals surface area contributed by atoms with E-state index < -0.39 is 0 Å². The highest BCUT2D eigenvalue weighted by molar-refractivity contribution is 6.29. The van der Waals surface area contributed by atoms with E-state index in [1.807, 2.05) is 41.1 Å². The van der Waals surface area contributed by atoms with Gasteiger partial charge in [-0.25, -0.2) is 9.97 Å². The summed E-state index contributed by atoms with van der Waals surface area (Å²) in [4.78, 5) is 8.74. The van der Waals surface area contributed by atoms with E-state index in [1.165, 1.54) is 0 Å². The van der Waals surface area contributed by atoms with Crippen LogP contribution in [0.25, 0.3) is 16.9 Å². The predicted molar refractivity (Wildman–Crippen MR) is 91.0 cm³/mol. The van der Waals surface area contributed by atoms with Crippen molar-refractivity contribution in [1.29, 1.82) is 0 Å². The SMILES string of the molecule is OC[C@@H]1COC[C@@H](c2cc(Cl)nc(-c3ccn4ccnc4c3)c2)N1. The summed E-state index contributed by atoms with van der Waals surface area (Å²) in [7, 11) is 0. The van der Waals surface area contributed by atoms with Crippen molar-refractivity contribution in [3.05, 3.63) is 53.6 Å². The fourth-order valence-electron chi connectivity index (χ4n) is 2.94. The molecule has 7 heteroatoms. The summed E-state index contributed by atoms with van der Waals surface area (Å²) in [5, 5.41) is 13.1. The second kappa shape index (κ2) is 6.49. The average Bonchev–Trinajstić information content (AvgIpc) is 3.09. The standard InChI is InChI=1S/C17H17ClN4O2/c18-16-6-12(15-10-24-9-13(8-23)20-15)5-14(21-16)11-1-3-22-4-2-19-17(22)7-11/h1-7,13,15,20,23H,8-10H2/t13-,15+/m1/s1. The van der Waals surface area contributed by atoms with Crippen LogP contribution in [0.15, 0.2) is 42.9 Å². The van der Waals surface area contributed by atoms with Crippen molar-refractivity contribution in [2.24, 2.45) is 0 Å². The number of hydrogen-bond acceptors (Lipinski definition) is 5. The molecular formula is C17H17ClN4O2. The second-order valence-electron chi connectivity index (χ2n) is 5.85. The lowest BCUT2D eigenvalue weighted by molar-refractivity contribution is 0.0265. The largest absolute Gasteiger partial charge is 0.395 e. The van der Waals surface area contributed by atoms with Gasteiger partial charge in [-0.2, -0.15) is 0 Å². The number of aromatic nitrogens is 3. The number of hydrogen-bond donors (Lipinski definition) is 2. The Kier molecular flexibility index (Phi) is 4.20. The van der Waals surface area contributed by atoms with Crippen LogP contribution in [0.5, 0.6) is 0 Å². The Balaban J connectivity index is 1.70. The number of fused-ring (bicyclic) bond motifs is 1. The zero-order valence-corrected chi connectivity index (χ0v) is 13.6. The molecule has 0 aliphatic carbocycles. The van der Waals surface area contributed by atoms with E-state index in [1.54, 1.807) is 6.20 Å². The Morgan fingerprint density at radius 2 is 2.21 bits per heavy atom. The van der Waals surface area contributed by atoms with Crippen LogP contribution in [0.2, 0.25) is 5.15 Å². The fourth-order valence-corrected chi connectivity index (χ4v) is 3.16. The molecule has 2 N–H and O–H groups in total. The van der Waals surface area contributed by atoms with Gasteiger partial charge in [-0.05, 0) is 29.8 Å². The molecule has 4 heterocycles. The maximum absolute atomic E-state index is 9.33. The van der Waals surface area contributed by atoms with Crippen molar-refractivity contribution in [2.45, 2.75) is 12.1 Å². The number of aliphatic hydroxyl groups excluding tert-OH is 1. The molecule has 2 atom stereocenters. The lowest BCUT2D eigenvalue weighted by Crippen LogP contribution is -2.45. The molecule has 124 valence electrons. The Morgan fingerprint density at radius 3 is 3.08 bits per heavy atom. The Morgan fingerprint density at radius 1 is 1.29 bits per heavy atom. The Labute approximate surface area is 144 Å². The van der Waals surface area contributed by atoms with E-state index >= 15 is 0 Å². The van der Waals surface area contributed by atoms with Crippen molar-refractivity contribution in [3.8, 4) is 11.3 Å².